The molecule has 3 nitrogen and oxygen atoms in total. The van der Waals surface area contributed by atoms with Crippen LogP contribution in [0.4, 0.5) is 8.78 Å². The summed E-state index contributed by atoms with van der Waals surface area (Å²) in [6.45, 7) is -0.440. The Morgan fingerprint density at radius 1 is 1.56 bits per heavy atom. The van der Waals surface area contributed by atoms with Gasteiger partial charge >= 0.3 is 0 Å². The van der Waals surface area contributed by atoms with E-state index in [1.165, 1.54) is 12.1 Å². The van der Waals surface area contributed by atoms with Crippen LogP contribution in [0.15, 0.2) is 16.5 Å². The number of amides is 1. The first kappa shape index (κ1) is 13.4. The molecule has 0 unspecified atom stereocenters. The normalized spacial score (nSPS) is 10.8. The summed E-state index contributed by atoms with van der Waals surface area (Å²) in [4.78, 5) is 12.7. The van der Waals surface area contributed by atoms with Gasteiger partial charge in [-0.1, -0.05) is 15.9 Å². The van der Waals surface area contributed by atoms with Crippen molar-refractivity contribution in [3.63, 3.8) is 0 Å². The average molecular weight is 317 g/mol. The molecular formula is C9H9BrClF2NO2. The molecule has 0 bridgehead atoms. The van der Waals surface area contributed by atoms with Gasteiger partial charge < -0.3 is 9.32 Å². The van der Waals surface area contributed by atoms with E-state index in [0.717, 1.165) is 4.90 Å². The Labute approximate surface area is 104 Å². The SMILES string of the molecule is O=C(c1ccc(Cl)o1)N(CCBr)CC(F)F. The lowest BCUT2D eigenvalue weighted by molar-refractivity contribution is 0.0546. The summed E-state index contributed by atoms with van der Waals surface area (Å²) in [7, 11) is 0. The summed E-state index contributed by atoms with van der Waals surface area (Å²) in [5.74, 6) is -0.627. The van der Waals surface area contributed by atoms with Crippen LogP contribution in [0.2, 0.25) is 5.22 Å². The molecule has 0 spiro atoms. The van der Waals surface area contributed by atoms with E-state index in [9.17, 15) is 13.6 Å². The number of alkyl halides is 3. The van der Waals surface area contributed by atoms with Gasteiger partial charge in [0.25, 0.3) is 12.3 Å². The smallest absolute Gasteiger partial charge is 0.289 e. The maximum atomic E-state index is 12.2. The summed E-state index contributed by atoms with van der Waals surface area (Å²) >= 11 is 8.59. The van der Waals surface area contributed by atoms with Crippen molar-refractivity contribution in [2.75, 3.05) is 18.4 Å². The predicted octanol–water partition coefficient (Wildman–Crippen LogP) is 3.04. The lowest BCUT2D eigenvalue weighted by Crippen LogP contribution is -2.36. The van der Waals surface area contributed by atoms with Gasteiger partial charge in [-0.15, -0.1) is 0 Å². The van der Waals surface area contributed by atoms with Gasteiger partial charge in [0.05, 0.1) is 6.54 Å². The van der Waals surface area contributed by atoms with Gasteiger partial charge in [0.15, 0.2) is 11.0 Å². The van der Waals surface area contributed by atoms with Crippen LogP contribution in [0.25, 0.3) is 0 Å². The lowest BCUT2D eigenvalue weighted by atomic mass is 10.3. The van der Waals surface area contributed by atoms with E-state index < -0.39 is 18.9 Å². The quantitative estimate of drug-likeness (QED) is 0.782. The fraction of sp³-hybridized carbons (Fsp3) is 0.444. The molecule has 7 heteroatoms. The molecule has 1 aromatic heterocycles. The highest BCUT2D eigenvalue weighted by Crippen LogP contribution is 2.15. The average Bonchev–Trinajstić information content (AvgIpc) is 2.62. The van der Waals surface area contributed by atoms with Crippen molar-refractivity contribution in [2.24, 2.45) is 0 Å². The second-order valence-corrected chi connectivity index (χ2v) is 4.10. The van der Waals surface area contributed by atoms with Crippen LogP contribution in [0.5, 0.6) is 0 Å². The van der Waals surface area contributed by atoms with Gasteiger partial charge in [0.1, 0.15) is 0 Å². The molecule has 16 heavy (non-hydrogen) atoms. The number of carbonyl (C=O) groups excluding carboxylic acids is 1. The molecule has 0 fully saturated rings. The predicted molar refractivity (Wildman–Crippen MR) is 59.4 cm³/mol. The molecule has 0 aromatic carbocycles. The van der Waals surface area contributed by atoms with Crippen LogP contribution in [0.3, 0.4) is 0 Å². The molecule has 0 N–H and O–H groups in total. The molecule has 0 saturated carbocycles. The molecule has 90 valence electrons. The number of furan rings is 1. The minimum Gasteiger partial charge on any atom is -0.440 e. The van der Waals surface area contributed by atoms with Gasteiger partial charge in [0, 0.05) is 11.9 Å². The third-order valence-corrected chi connectivity index (χ3v) is 2.34. The fourth-order valence-corrected chi connectivity index (χ4v) is 1.70. The largest absolute Gasteiger partial charge is 0.440 e. The van der Waals surface area contributed by atoms with Crippen LogP contribution in [-0.4, -0.2) is 35.7 Å². The first-order valence-electron chi connectivity index (χ1n) is 4.43. The Morgan fingerprint density at radius 2 is 2.25 bits per heavy atom. The maximum Gasteiger partial charge on any atom is 0.289 e. The van der Waals surface area contributed by atoms with Crippen molar-refractivity contribution in [3.8, 4) is 0 Å². The van der Waals surface area contributed by atoms with Crippen LogP contribution >= 0.6 is 27.5 Å². The van der Waals surface area contributed by atoms with E-state index in [0.29, 0.717) is 5.33 Å². The Hall–Kier alpha value is -0.620. The second kappa shape index (κ2) is 6.20. The summed E-state index contributed by atoms with van der Waals surface area (Å²) in [6, 6.07) is 2.75. The lowest BCUT2D eigenvalue weighted by Gasteiger charge is -2.19. The fourth-order valence-electron chi connectivity index (χ4n) is 1.13. The molecule has 1 heterocycles. The van der Waals surface area contributed by atoms with Crippen molar-refractivity contribution in [1.29, 1.82) is 0 Å². The summed E-state index contributed by atoms with van der Waals surface area (Å²) in [5.41, 5.74) is 0. The number of rotatable bonds is 5. The van der Waals surface area contributed by atoms with Gasteiger partial charge in [-0.25, -0.2) is 8.78 Å². The number of nitrogens with zero attached hydrogens (tertiary/aromatic N) is 1. The standard InChI is InChI=1S/C9H9BrClF2NO2/c10-3-4-14(5-8(12)13)9(15)6-1-2-7(11)16-6/h1-2,8H,3-5H2. The van der Waals surface area contributed by atoms with E-state index in [1.807, 2.05) is 0 Å². The molecular weight excluding hydrogens is 307 g/mol. The van der Waals surface area contributed by atoms with Crippen molar-refractivity contribution in [1.82, 2.24) is 4.90 Å². The Bertz CT molecular complexity index is 359. The van der Waals surface area contributed by atoms with Gasteiger partial charge in [-0.3, -0.25) is 4.79 Å². The van der Waals surface area contributed by atoms with Crippen LogP contribution in [-0.2, 0) is 0 Å². The first-order valence-corrected chi connectivity index (χ1v) is 5.93. The van der Waals surface area contributed by atoms with E-state index in [2.05, 4.69) is 15.9 Å². The minimum atomic E-state index is -2.58. The van der Waals surface area contributed by atoms with Crippen molar-refractivity contribution < 1.29 is 18.0 Å². The Kier molecular flexibility index (Phi) is 5.21. The van der Waals surface area contributed by atoms with Gasteiger partial charge in [-0.05, 0) is 23.7 Å². The second-order valence-electron chi connectivity index (χ2n) is 2.93. The molecule has 1 rings (SSSR count). The van der Waals surface area contributed by atoms with Gasteiger partial charge in [-0.2, -0.15) is 0 Å². The monoisotopic (exact) mass is 315 g/mol. The summed E-state index contributed by atoms with van der Waals surface area (Å²) in [6.07, 6.45) is -2.58. The highest BCUT2D eigenvalue weighted by Gasteiger charge is 2.21. The molecule has 1 amide bonds. The van der Waals surface area contributed by atoms with Crippen LogP contribution in [0, 0.1) is 0 Å². The van der Waals surface area contributed by atoms with Crippen LogP contribution in [0.1, 0.15) is 10.6 Å². The van der Waals surface area contributed by atoms with E-state index in [4.69, 9.17) is 16.0 Å². The number of halogens is 4. The topological polar surface area (TPSA) is 33.5 Å². The van der Waals surface area contributed by atoms with Gasteiger partial charge in [0.2, 0.25) is 0 Å². The molecule has 0 saturated heterocycles. The zero-order valence-corrected chi connectivity index (χ0v) is 10.5. The van der Waals surface area contributed by atoms with Crippen molar-refractivity contribution >= 4 is 33.4 Å². The number of hydrogen-bond donors (Lipinski definition) is 0. The molecule has 1 aromatic rings. The van der Waals surface area contributed by atoms with Crippen LogP contribution < -0.4 is 0 Å². The highest BCUT2D eigenvalue weighted by molar-refractivity contribution is 9.09. The zero-order valence-electron chi connectivity index (χ0n) is 8.13. The third kappa shape index (κ3) is 3.75. The number of carbonyl (C=O) groups is 1. The highest BCUT2D eigenvalue weighted by atomic mass is 79.9. The summed E-state index contributed by atoms with van der Waals surface area (Å²) < 4.78 is 29.3. The Balaban J connectivity index is 2.74. The Morgan fingerprint density at radius 3 is 2.69 bits per heavy atom. The van der Waals surface area contributed by atoms with E-state index >= 15 is 0 Å². The van der Waals surface area contributed by atoms with Crippen molar-refractivity contribution in [3.05, 3.63) is 23.1 Å². The summed E-state index contributed by atoms with van der Waals surface area (Å²) in [5, 5.41) is 0.471. The molecule has 0 aliphatic carbocycles. The third-order valence-electron chi connectivity index (χ3n) is 1.78. The van der Waals surface area contributed by atoms with Crippen molar-refractivity contribution in [2.45, 2.75) is 6.43 Å². The molecule has 0 radical (unpaired) electrons. The molecule has 0 atom stereocenters. The minimum absolute atomic E-state index is 0.0356. The van der Waals surface area contributed by atoms with E-state index in [1.54, 1.807) is 0 Å². The zero-order chi connectivity index (χ0) is 12.1. The first-order chi connectivity index (χ1) is 7.54. The number of hydrogen-bond acceptors (Lipinski definition) is 2. The molecule has 0 aliphatic heterocycles. The molecule has 0 aliphatic rings. The van der Waals surface area contributed by atoms with E-state index in [-0.39, 0.29) is 17.5 Å². The maximum absolute atomic E-state index is 12.2.